The van der Waals surface area contributed by atoms with Crippen LogP contribution in [0.3, 0.4) is 0 Å². The molecule has 1 heterocycles. The third-order valence-corrected chi connectivity index (χ3v) is 3.94. The van der Waals surface area contributed by atoms with Crippen LogP contribution in [0, 0.1) is 0 Å². The van der Waals surface area contributed by atoms with Crippen molar-refractivity contribution in [2.24, 2.45) is 0 Å². The van der Waals surface area contributed by atoms with Crippen molar-refractivity contribution in [3.05, 3.63) is 30.3 Å². The molecule has 0 saturated heterocycles. The van der Waals surface area contributed by atoms with Crippen LogP contribution in [0.15, 0.2) is 30.3 Å². The van der Waals surface area contributed by atoms with Crippen LogP contribution in [0.5, 0.6) is 0 Å². The van der Waals surface area contributed by atoms with Crippen molar-refractivity contribution >= 4 is 34.5 Å². The second-order valence-electron chi connectivity index (χ2n) is 4.24. The first-order valence-corrected chi connectivity index (χ1v) is 8.31. The number of nitrogens with one attached hydrogen (secondary N) is 2. The van der Waals surface area contributed by atoms with E-state index < -0.39 is 0 Å². The van der Waals surface area contributed by atoms with Crippen LogP contribution >= 0.6 is 23.3 Å². The first kappa shape index (κ1) is 14.8. The fourth-order valence-corrected chi connectivity index (χ4v) is 2.80. The fourth-order valence-electron chi connectivity index (χ4n) is 1.63. The molecule has 7 heteroatoms. The number of hydrogen-bond donors (Lipinski definition) is 2. The Bertz CT molecular complexity index is 559. The normalized spacial score (nSPS) is 11.9. The number of carbonyl (C=O) groups is 1. The zero-order valence-electron chi connectivity index (χ0n) is 11.3. The summed E-state index contributed by atoms with van der Waals surface area (Å²) in [5, 5.41) is 6.05. The topological polar surface area (TPSA) is 66.9 Å². The number of anilines is 1. The maximum absolute atomic E-state index is 11.8. The number of hydrogen-bond acceptors (Lipinski definition) is 5. The molecule has 1 atom stereocenters. The predicted octanol–water partition coefficient (Wildman–Crippen LogP) is 3.08. The van der Waals surface area contributed by atoms with E-state index in [0.717, 1.165) is 11.3 Å². The van der Waals surface area contributed by atoms with Gasteiger partial charge in [-0.3, -0.25) is 5.32 Å². The zero-order chi connectivity index (χ0) is 14.4. The maximum atomic E-state index is 11.8. The van der Waals surface area contributed by atoms with E-state index in [2.05, 4.69) is 20.0 Å². The molecular weight excluding hydrogens is 292 g/mol. The van der Waals surface area contributed by atoms with Gasteiger partial charge in [0.15, 0.2) is 5.82 Å². The van der Waals surface area contributed by atoms with Gasteiger partial charge in [-0.2, -0.15) is 21.1 Å². The summed E-state index contributed by atoms with van der Waals surface area (Å²) in [5.74, 6) is 1.50. The molecule has 20 heavy (non-hydrogen) atoms. The number of carbonyl (C=O) groups excluding carboxylic acids is 1. The summed E-state index contributed by atoms with van der Waals surface area (Å²) in [6.07, 6.45) is 2.01. The summed E-state index contributed by atoms with van der Waals surface area (Å²) in [4.78, 5) is 16.1. The maximum Gasteiger partial charge on any atom is 0.321 e. The standard InChI is InChI=1S/C13H16N4OS2/c1-9(8-19-2)14-12(18)16-13-15-11(17-20-13)10-6-4-3-5-7-10/h3-7,9H,8H2,1-2H3,(H2,14,15,16,17,18)/t9-/m1/s1. The number of aromatic nitrogens is 2. The minimum atomic E-state index is -0.248. The van der Waals surface area contributed by atoms with Crippen molar-refractivity contribution in [1.29, 1.82) is 0 Å². The first-order valence-electron chi connectivity index (χ1n) is 6.14. The Labute approximate surface area is 126 Å². The third kappa shape index (κ3) is 4.21. The summed E-state index contributed by atoms with van der Waals surface area (Å²) < 4.78 is 4.24. The molecule has 0 aliphatic rings. The Hall–Kier alpha value is -1.60. The van der Waals surface area contributed by atoms with Gasteiger partial charge in [0.2, 0.25) is 5.13 Å². The highest BCUT2D eigenvalue weighted by Crippen LogP contribution is 2.20. The highest BCUT2D eigenvalue weighted by Gasteiger charge is 2.11. The molecule has 2 amide bonds. The smallest absolute Gasteiger partial charge is 0.321 e. The van der Waals surface area contributed by atoms with Crippen LogP contribution in [0.4, 0.5) is 9.93 Å². The van der Waals surface area contributed by atoms with Crippen molar-refractivity contribution in [1.82, 2.24) is 14.7 Å². The molecule has 0 bridgehead atoms. The summed E-state index contributed by atoms with van der Waals surface area (Å²) in [6, 6.07) is 9.54. The van der Waals surface area contributed by atoms with Crippen molar-refractivity contribution in [2.75, 3.05) is 17.3 Å². The molecule has 2 rings (SSSR count). The number of benzene rings is 1. The van der Waals surface area contributed by atoms with Crippen molar-refractivity contribution in [3.8, 4) is 11.4 Å². The number of amides is 2. The van der Waals surface area contributed by atoms with Gasteiger partial charge in [-0.15, -0.1) is 0 Å². The molecular formula is C13H16N4OS2. The van der Waals surface area contributed by atoms with Gasteiger partial charge < -0.3 is 5.32 Å². The van der Waals surface area contributed by atoms with Gasteiger partial charge in [0.25, 0.3) is 0 Å². The average molecular weight is 308 g/mol. The predicted molar refractivity (Wildman–Crippen MR) is 85.3 cm³/mol. The van der Waals surface area contributed by atoms with Crippen molar-refractivity contribution in [3.63, 3.8) is 0 Å². The zero-order valence-corrected chi connectivity index (χ0v) is 12.9. The number of rotatable bonds is 5. The number of urea groups is 1. The monoisotopic (exact) mass is 308 g/mol. The molecule has 2 N–H and O–H groups in total. The van der Waals surface area contributed by atoms with Gasteiger partial charge in [0.05, 0.1) is 0 Å². The number of nitrogens with zero attached hydrogens (tertiary/aromatic N) is 2. The van der Waals surface area contributed by atoms with E-state index in [0.29, 0.717) is 11.0 Å². The van der Waals surface area contributed by atoms with Gasteiger partial charge in [-0.1, -0.05) is 30.3 Å². The highest BCUT2D eigenvalue weighted by atomic mass is 32.2. The molecule has 0 radical (unpaired) electrons. The SMILES string of the molecule is CSC[C@@H](C)NC(=O)Nc1nc(-c2ccccc2)ns1. The lowest BCUT2D eigenvalue weighted by Gasteiger charge is -2.11. The first-order chi connectivity index (χ1) is 9.69. The lowest BCUT2D eigenvalue weighted by Crippen LogP contribution is -2.37. The van der Waals surface area contributed by atoms with E-state index >= 15 is 0 Å². The van der Waals surface area contributed by atoms with Crippen molar-refractivity contribution < 1.29 is 4.79 Å². The molecule has 0 aliphatic carbocycles. The minimum Gasteiger partial charge on any atom is -0.335 e. The number of thioether (sulfide) groups is 1. The Morgan fingerprint density at radius 1 is 1.40 bits per heavy atom. The summed E-state index contributed by atoms with van der Waals surface area (Å²) in [7, 11) is 0. The molecule has 106 valence electrons. The highest BCUT2D eigenvalue weighted by molar-refractivity contribution is 7.98. The van der Waals surface area contributed by atoms with E-state index in [1.165, 1.54) is 11.5 Å². The van der Waals surface area contributed by atoms with Gasteiger partial charge >= 0.3 is 6.03 Å². The Kier molecular flexibility index (Phi) is 5.37. The summed E-state index contributed by atoms with van der Waals surface area (Å²) >= 11 is 2.87. The summed E-state index contributed by atoms with van der Waals surface area (Å²) in [6.45, 7) is 1.96. The van der Waals surface area contributed by atoms with Crippen LogP contribution in [0.25, 0.3) is 11.4 Å². The van der Waals surface area contributed by atoms with Gasteiger partial charge in [0.1, 0.15) is 0 Å². The third-order valence-electron chi connectivity index (χ3n) is 2.47. The average Bonchev–Trinajstić information content (AvgIpc) is 2.88. The van der Waals surface area contributed by atoms with E-state index in [4.69, 9.17) is 0 Å². The Balaban J connectivity index is 1.95. The lowest BCUT2D eigenvalue weighted by atomic mass is 10.2. The Morgan fingerprint density at radius 2 is 2.15 bits per heavy atom. The van der Waals surface area contributed by atoms with E-state index in [-0.39, 0.29) is 12.1 Å². The summed E-state index contributed by atoms with van der Waals surface area (Å²) in [5.41, 5.74) is 0.938. The fraction of sp³-hybridized carbons (Fsp3) is 0.308. The molecule has 0 aliphatic heterocycles. The molecule has 0 fully saturated rings. The molecule has 0 unspecified atom stereocenters. The van der Waals surface area contributed by atoms with Crippen LogP contribution in [0.1, 0.15) is 6.92 Å². The van der Waals surface area contributed by atoms with E-state index in [1.807, 2.05) is 43.5 Å². The van der Waals surface area contributed by atoms with E-state index in [1.54, 1.807) is 11.8 Å². The van der Waals surface area contributed by atoms with Crippen LogP contribution in [-0.4, -0.2) is 33.4 Å². The lowest BCUT2D eigenvalue weighted by molar-refractivity contribution is 0.250. The Morgan fingerprint density at radius 3 is 2.85 bits per heavy atom. The van der Waals surface area contributed by atoms with Gasteiger partial charge in [-0.25, -0.2) is 4.79 Å². The second-order valence-corrected chi connectivity index (χ2v) is 5.91. The van der Waals surface area contributed by atoms with E-state index in [9.17, 15) is 4.79 Å². The largest absolute Gasteiger partial charge is 0.335 e. The van der Waals surface area contributed by atoms with Gasteiger partial charge in [-0.05, 0) is 13.2 Å². The molecule has 2 aromatic rings. The molecule has 0 spiro atoms. The van der Waals surface area contributed by atoms with Crippen molar-refractivity contribution in [2.45, 2.75) is 13.0 Å². The molecule has 5 nitrogen and oxygen atoms in total. The molecule has 1 aromatic carbocycles. The second kappa shape index (κ2) is 7.25. The minimum absolute atomic E-state index is 0.117. The van der Waals surface area contributed by atoms with Crippen LogP contribution < -0.4 is 10.6 Å². The van der Waals surface area contributed by atoms with Gasteiger partial charge in [0, 0.05) is 28.9 Å². The molecule has 1 aromatic heterocycles. The molecule has 0 saturated carbocycles. The van der Waals surface area contributed by atoms with Crippen LogP contribution in [-0.2, 0) is 0 Å². The van der Waals surface area contributed by atoms with Crippen LogP contribution in [0.2, 0.25) is 0 Å². The quantitative estimate of drug-likeness (QED) is 0.891.